The fourth-order valence-electron chi connectivity index (χ4n) is 2.73. The van der Waals surface area contributed by atoms with Crippen molar-refractivity contribution >= 4 is 11.8 Å². The molecule has 1 saturated heterocycles. The SMILES string of the molecule is CC(C)CC(=O)N1CCC(NC(=O)COc2ccccc2F)CC1. The van der Waals surface area contributed by atoms with Gasteiger partial charge in [-0.05, 0) is 30.9 Å². The summed E-state index contributed by atoms with van der Waals surface area (Å²) >= 11 is 0. The zero-order valence-electron chi connectivity index (χ0n) is 14.3. The van der Waals surface area contributed by atoms with Crippen molar-refractivity contribution in [2.75, 3.05) is 19.7 Å². The van der Waals surface area contributed by atoms with Crippen molar-refractivity contribution in [3.05, 3.63) is 30.1 Å². The molecule has 0 spiro atoms. The Morgan fingerprint density at radius 1 is 1.29 bits per heavy atom. The summed E-state index contributed by atoms with van der Waals surface area (Å²) in [7, 11) is 0. The van der Waals surface area contributed by atoms with Crippen molar-refractivity contribution in [3.8, 4) is 5.75 Å². The zero-order valence-corrected chi connectivity index (χ0v) is 14.3. The van der Waals surface area contributed by atoms with Gasteiger partial charge in [-0.25, -0.2) is 4.39 Å². The smallest absolute Gasteiger partial charge is 0.258 e. The van der Waals surface area contributed by atoms with Crippen molar-refractivity contribution in [3.63, 3.8) is 0 Å². The molecule has 0 bridgehead atoms. The first-order valence-corrected chi connectivity index (χ1v) is 8.40. The Kier molecular flexibility index (Phi) is 6.58. The zero-order chi connectivity index (χ0) is 17.5. The maximum atomic E-state index is 13.4. The van der Waals surface area contributed by atoms with Crippen molar-refractivity contribution in [1.29, 1.82) is 0 Å². The average molecular weight is 336 g/mol. The van der Waals surface area contributed by atoms with Crippen LogP contribution in [-0.2, 0) is 9.59 Å². The van der Waals surface area contributed by atoms with Gasteiger partial charge in [0.15, 0.2) is 18.2 Å². The number of para-hydroxylation sites is 1. The van der Waals surface area contributed by atoms with Crippen LogP contribution in [-0.4, -0.2) is 42.5 Å². The van der Waals surface area contributed by atoms with Gasteiger partial charge in [-0.3, -0.25) is 9.59 Å². The minimum absolute atomic E-state index is 0.0322. The lowest BCUT2D eigenvalue weighted by atomic mass is 10.0. The normalized spacial score (nSPS) is 15.4. The molecule has 5 nitrogen and oxygen atoms in total. The van der Waals surface area contributed by atoms with Gasteiger partial charge in [0.2, 0.25) is 5.91 Å². The molecule has 0 aromatic heterocycles. The van der Waals surface area contributed by atoms with Crippen LogP contribution in [0.3, 0.4) is 0 Å². The molecule has 1 aromatic carbocycles. The largest absolute Gasteiger partial charge is 0.481 e. The summed E-state index contributed by atoms with van der Waals surface area (Å²) in [5.74, 6) is -0.155. The van der Waals surface area contributed by atoms with Crippen LogP contribution < -0.4 is 10.1 Å². The Morgan fingerprint density at radius 2 is 1.96 bits per heavy atom. The van der Waals surface area contributed by atoms with E-state index in [4.69, 9.17) is 4.74 Å². The fourth-order valence-corrected chi connectivity index (χ4v) is 2.73. The van der Waals surface area contributed by atoms with Gasteiger partial charge in [-0.2, -0.15) is 0 Å². The van der Waals surface area contributed by atoms with E-state index in [1.807, 2.05) is 18.7 Å². The predicted octanol–water partition coefficient (Wildman–Crippen LogP) is 2.36. The summed E-state index contributed by atoms with van der Waals surface area (Å²) in [6.45, 7) is 5.16. The molecular weight excluding hydrogens is 311 g/mol. The Labute approximate surface area is 142 Å². The van der Waals surface area contributed by atoms with E-state index in [1.54, 1.807) is 12.1 Å². The number of piperidine rings is 1. The first-order chi connectivity index (χ1) is 11.5. The van der Waals surface area contributed by atoms with Crippen LogP contribution in [0.15, 0.2) is 24.3 Å². The van der Waals surface area contributed by atoms with Gasteiger partial charge in [-0.15, -0.1) is 0 Å². The molecule has 6 heteroatoms. The van der Waals surface area contributed by atoms with Gasteiger partial charge >= 0.3 is 0 Å². The molecule has 1 aliphatic heterocycles. The summed E-state index contributed by atoms with van der Waals surface area (Å²) < 4.78 is 18.6. The molecule has 1 aliphatic rings. The van der Waals surface area contributed by atoms with Crippen LogP contribution in [0.1, 0.15) is 33.1 Å². The molecule has 1 heterocycles. The summed E-state index contributed by atoms with van der Waals surface area (Å²) in [6, 6.07) is 6.03. The molecule has 1 aromatic rings. The molecule has 2 amide bonds. The summed E-state index contributed by atoms with van der Waals surface area (Å²) in [5.41, 5.74) is 0. The number of rotatable bonds is 6. The van der Waals surface area contributed by atoms with E-state index in [0.29, 0.717) is 25.4 Å². The number of hydrogen-bond acceptors (Lipinski definition) is 3. The van der Waals surface area contributed by atoms with Crippen LogP contribution in [0, 0.1) is 11.7 Å². The quantitative estimate of drug-likeness (QED) is 0.867. The number of nitrogens with zero attached hydrogens (tertiary/aromatic N) is 1. The molecule has 0 aliphatic carbocycles. The third kappa shape index (κ3) is 5.51. The topological polar surface area (TPSA) is 58.6 Å². The molecule has 0 saturated carbocycles. The Balaban J connectivity index is 1.70. The first-order valence-electron chi connectivity index (χ1n) is 8.40. The van der Waals surface area contributed by atoms with Gasteiger partial charge in [0.25, 0.3) is 5.91 Å². The maximum absolute atomic E-state index is 13.4. The number of carbonyl (C=O) groups excluding carboxylic acids is 2. The standard InChI is InChI=1S/C18H25FN2O3/c1-13(2)11-18(23)21-9-7-14(8-10-21)20-17(22)12-24-16-6-4-3-5-15(16)19/h3-6,13-14H,7-12H2,1-2H3,(H,20,22). The number of ether oxygens (including phenoxy) is 1. The highest BCUT2D eigenvalue weighted by molar-refractivity contribution is 5.78. The van der Waals surface area contributed by atoms with Crippen LogP contribution in [0.2, 0.25) is 0 Å². The molecule has 1 fully saturated rings. The molecule has 0 radical (unpaired) electrons. The highest BCUT2D eigenvalue weighted by atomic mass is 19.1. The van der Waals surface area contributed by atoms with E-state index in [1.165, 1.54) is 12.1 Å². The second-order valence-corrected chi connectivity index (χ2v) is 6.54. The minimum atomic E-state index is -0.484. The van der Waals surface area contributed by atoms with Gasteiger partial charge in [0.05, 0.1) is 0 Å². The van der Waals surface area contributed by atoms with Gasteiger partial charge < -0.3 is 15.0 Å². The van der Waals surface area contributed by atoms with Crippen LogP contribution in [0.25, 0.3) is 0 Å². The number of halogens is 1. The summed E-state index contributed by atoms with van der Waals surface area (Å²) in [5, 5.41) is 2.88. The summed E-state index contributed by atoms with van der Waals surface area (Å²) in [4.78, 5) is 25.8. The molecule has 0 unspecified atom stereocenters. The monoisotopic (exact) mass is 336 g/mol. The van der Waals surface area contributed by atoms with Crippen molar-refractivity contribution in [1.82, 2.24) is 10.2 Å². The molecule has 132 valence electrons. The van der Waals surface area contributed by atoms with Crippen molar-refractivity contribution < 1.29 is 18.7 Å². The number of amides is 2. The Hall–Kier alpha value is -2.11. The molecule has 0 atom stereocenters. The average Bonchev–Trinajstić information content (AvgIpc) is 2.54. The third-order valence-corrected chi connectivity index (χ3v) is 3.99. The third-order valence-electron chi connectivity index (χ3n) is 3.99. The number of nitrogens with one attached hydrogen (secondary N) is 1. The number of carbonyl (C=O) groups is 2. The van der Waals surface area contributed by atoms with Gasteiger partial charge in [0, 0.05) is 25.6 Å². The number of likely N-dealkylation sites (tertiary alicyclic amines) is 1. The highest BCUT2D eigenvalue weighted by Gasteiger charge is 2.24. The second-order valence-electron chi connectivity index (χ2n) is 6.54. The minimum Gasteiger partial charge on any atom is -0.481 e. The van der Waals surface area contributed by atoms with Gasteiger partial charge in [0.1, 0.15) is 0 Å². The maximum Gasteiger partial charge on any atom is 0.258 e. The number of hydrogen-bond donors (Lipinski definition) is 1. The van der Waals surface area contributed by atoms with E-state index < -0.39 is 5.82 Å². The van der Waals surface area contributed by atoms with Crippen LogP contribution >= 0.6 is 0 Å². The van der Waals surface area contributed by atoms with E-state index in [9.17, 15) is 14.0 Å². The van der Waals surface area contributed by atoms with E-state index in [2.05, 4.69) is 5.32 Å². The lowest BCUT2D eigenvalue weighted by Crippen LogP contribution is -2.47. The van der Waals surface area contributed by atoms with E-state index in [-0.39, 0.29) is 30.2 Å². The number of benzene rings is 1. The van der Waals surface area contributed by atoms with E-state index in [0.717, 1.165) is 12.8 Å². The Bertz CT molecular complexity index is 569. The molecular formula is C18H25FN2O3. The lowest BCUT2D eigenvalue weighted by Gasteiger charge is -2.32. The second kappa shape index (κ2) is 8.66. The predicted molar refractivity (Wildman–Crippen MR) is 89.1 cm³/mol. The van der Waals surface area contributed by atoms with Crippen molar-refractivity contribution in [2.45, 2.75) is 39.2 Å². The Morgan fingerprint density at radius 3 is 2.58 bits per heavy atom. The molecule has 2 rings (SSSR count). The fraction of sp³-hybridized carbons (Fsp3) is 0.556. The van der Waals surface area contributed by atoms with Gasteiger partial charge in [-0.1, -0.05) is 26.0 Å². The van der Waals surface area contributed by atoms with Crippen LogP contribution in [0.5, 0.6) is 5.75 Å². The van der Waals surface area contributed by atoms with Crippen LogP contribution in [0.4, 0.5) is 4.39 Å². The lowest BCUT2D eigenvalue weighted by molar-refractivity contribution is -0.133. The summed E-state index contributed by atoms with van der Waals surface area (Å²) in [6.07, 6.45) is 2.03. The molecule has 24 heavy (non-hydrogen) atoms. The van der Waals surface area contributed by atoms with E-state index >= 15 is 0 Å². The molecule has 1 N–H and O–H groups in total. The first kappa shape index (κ1) is 18.2. The van der Waals surface area contributed by atoms with Crippen molar-refractivity contribution in [2.24, 2.45) is 5.92 Å². The highest BCUT2D eigenvalue weighted by Crippen LogP contribution is 2.16.